The number of carbonyl (C=O) groups is 2. The molecule has 2 aromatic carbocycles. The average molecular weight is 488 g/mol. The van der Waals surface area contributed by atoms with E-state index in [1.165, 1.54) is 35.2 Å². The third-order valence-corrected chi connectivity index (χ3v) is 5.57. The van der Waals surface area contributed by atoms with Crippen molar-refractivity contribution in [2.45, 2.75) is 25.7 Å². The number of alkyl halides is 4. The van der Waals surface area contributed by atoms with Crippen molar-refractivity contribution in [1.29, 1.82) is 0 Å². The molecule has 1 saturated heterocycles. The van der Waals surface area contributed by atoms with Gasteiger partial charge in [-0.2, -0.15) is 13.2 Å². The Morgan fingerprint density at radius 2 is 1.53 bits per heavy atom. The standard InChI is InChI=1S/C23H19Cl2F4NO2/c1-13(2)21(32)30-11-22(26,12-30)16-5-3-14(4-6-16)20(31)10-19(23(27,28)29)15-7-17(24)9-18(25)8-15/h3-10,13H,11-12H2,1-2H3. The molecular weight excluding hydrogens is 469 g/mol. The highest BCUT2D eigenvalue weighted by molar-refractivity contribution is 6.35. The van der Waals surface area contributed by atoms with Gasteiger partial charge in [0.25, 0.3) is 0 Å². The topological polar surface area (TPSA) is 37.4 Å². The van der Waals surface area contributed by atoms with Crippen LogP contribution in [0.2, 0.25) is 10.0 Å². The zero-order valence-corrected chi connectivity index (χ0v) is 18.7. The third-order valence-electron chi connectivity index (χ3n) is 5.13. The van der Waals surface area contributed by atoms with Crippen LogP contribution in [0.1, 0.15) is 35.3 Å². The first-order valence-corrected chi connectivity index (χ1v) is 10.4. The minimum atomic E-state index is -4.83. The smallest absolute Gasteiger partial charge is 0.335 e. The lowest BCUT2D eigenvalue weighted by molar-refractivity contribution is -0.149. The molecule has 0 aliphatic carbocycles. The van der Waals surface area contributed by atoms with E-state index in [2.05, 4.69) is 0 Å². The number of likely N-dealkylation sites (tertiary alicyclic amines) is 1. The summed E-state index contributed by atoms with van der Waals surface area (Å²) in [5, 5.41) is -0.00336. The summed E-state index contributed by atoms with van der Waals surface area (Å²) in [6.07, 6.45) is -4.36. The molecular formula is C23H19Cl2F4NO2. The molecule has 2 aromatic rings. The number of halogens is 6. The fourth-order valence-corrected chi connectivity index (χ4v) is 3.97. The summed E-state index contributed by atoms with van der Waals surface area (Å²) in [6, 6.07) is 8.64. The first kappa shape index (κ1) is 24.3. The quantitative estimate of drug-likeness (QED) is 0.274. The van der Waals surface area contributed by atoms with Gasteiger partial charge in [-0.3, -0.25) is 9.59 Å². The molecule has 0 saturated carbocycles. The molecule has 0 spiro atoms. The molecule has 32 heavy (non-hydrogen) atoms. The molecule has 0 aromatic heterocycles. The van der Waals surface area contributed by atoms with Gasteiger partial charge < -0.3 is 4.90 Å². The molecule has 0 radical (unpaired) electrons. The molecule has 0 bridgehead atoms. The predicted octanol–water partition coefficient (Wildman–Crippen LogP) is 6.49. The molecule has 1 aliphatic rings. The first-order chi connectivity index (χ1) is 14.8. The van der Waals surface area contributed by atoms with Crippen LogP contribution in [0.15, 0.2) is 48.5 Å². The van der Waals surface area contributed by atoms with Crippen molar-refractivity contribution in [2.75, 3.05) is 13.1 Å². The first-order valence-electron chi connectivity index (χ1n) is 9.68. The van der Waals surface area contributed by atoms with E-state index in [1.54, 1.807) is 13.8 Å². The van der Waals surface area contributed by atoms with Crippen molar-refractivity contribution in [3.05, 3.63) is 75.3 Å². The van der Waals surface area contributed by atoms with Gasteiger partial charge in [0.05, 0.1) is 18.7 Å². The Kier molecular flexibility index (Phi) is 6.72. The van der Waals surface area contributed by atoms with Crippen LogP contribution in [0.25, 0.3) is 5.57 Å². The molecule has 1 fully saturated rings. The van der Waals surface area contributed by atoms with Gasteiger partial charge >= 0.3 is 6.18 Å². The van der Waals surface area contributed by atoms with Crippen molar-refractivity contribution in [1.82, 2.24) is 4.90 Å². The Labute approximate surface area is 192 Å². The van der Waals surface area contributed by atoms with Crippen LogP contribution in [0.5, 0.6) is 0 Å². The Morgan fingerprint density at radius 3 is 2.00 bits per heavy atom. The highest BCUT2D eigenvalue weighted by Crippen LogP contribution is 2.38. The SMILES string of the molecule is CC(C)C(=O)N1CC(F)(c2ccc(C(=O)C=C(c3cc(Cl)cc(Cl)c3)C(F)(F)F)cc2)C1. The maximum Gasteiger partial charge on any atom is 0.417 e. The molecule has 1 aliphatic heterocycles. The maximum absolute atomic E-state index is 15.0. The van der Waals surface area contributed by atoms with Crippen LogP contribution in [0.3, 0.4) is 0 Å². The number of benzene rings is 2. The average Bonchev–Trinajstić information content (AvgIpc) is 2.67. The second-order valence-electron chi connectivity index (χ2n) is 7.97. The number of hydrogen-bond donors (Lipinski definition) is 0. The van der Waals surface area contributed by atoms with E-state index in [4.69, 9.17) is 23.2 Å². The third kappa shape index (κ3) is 5.15. The van der Waals surface area contributed by atoms with Crippen molar-refractivity contribution >= 4 is 40.5 Å². The van der Waals surface area contributed by atoms with Crippen molar-refractivity contribution in [2.24, 2.45) is 5.92 Å². The number of nitrogens with zero attached hydrogens (tertiary/aromatic N) is 1. The zero-order valence-electron chi connectivity index (χ0n) is 17.1. The fourth-order valence-electron chi connectivity index (χ4n) is 3.45. The number of rotatable bonds is 5. The summed E-state index contributed by atoms with van der Waals surface area (Å²) in [5.41, 5.74) is -3.08. The van der Waals surface area contributed by atoms with Crippen LogP contribution in [0.4, 0.5) is 17.6 Å². The van der Waals surface area contributed by atoms with E-state index in [-0.39, 0.29) is 51.7 Å². The van der Waals surface area contributed by atoms with Crippen molar-refractivity contribution in [3.8, 4) is 0 Å². The highest BCUT2D eigenvalue weighted by atomic mass is 35.5. The fraction of sp³-hybridized carbons (Fsp3) is 0.304. The lowest BCUT2D eigenvalue weighted by Gasteiger charge is -2.45. The highest BCUT2D eigenvalue weighted by Gasteiger charge is 2.47. The van der Waals surface area contributed by atoms with E-state index >= 15 is 4.39 Å². The van der Waals surface area contributed by atoms with E-state index < -0.39 is 23.2 Å². The molecule has 1 amide bonds. The maximum atomic E-state index is 15.0. The molecule has 3 nitrogen and oxygen atoms in total. The lowest BCUT2D eigenvalue weighted by Crippen LogP contribution is -2.59. The van der Waals surface area contributed by atoms with Gasteiger partial charge in [0.15, 0.2) is 11.5 Å². The summed E-state index contributed by atoms with van der Waals surface area (Å²) >= 11 is 11.6. The Hall–Kier alpha value is -2.38. The van der Waals surface area contributed by atoms with Crippen LogP contribution >= 0.6 is 23.2 Å². The number of ketones is 1. The van der Waals surface area contributed by atoms with Crippen LogP contribution in [-0.2, 0) is 10.5 Å². The van der Waals surface area contributed by atoms with Crippen LogP contribution in [-0.4, -0.2) is 35.9 Å². The minimum absolute atomic E-state index is 0.00168. The second kappa shape index (κ2) is 8.87. The van der Waals surface area contributed by atoms with Crippen LogP contribution in [0, 0.1) is 5.92 Å². The molecule has 170 valence electrons. The number of hydrogen-bond acceptors (Lipinski definition) is 2. The van der Waals surface area contributed by atoms with Crippen molar-refractivity contribution < 1.29 is 27.2 Å². The largest absolute Gasteiger partial charge is 0.417 e. The Morgan fingerprint density at radius 1 is 1.00 bits per heavy atom. The summed E-state index contributed by atoms with van der Waals surface area (Å²) in [5.74, 6) is -1.31. The van der Waals surface area contributed by atoms with Gasteiger partial charge in [0, 0.05) is 21.5 Å². The van der Waals surface area contributed by atoms with E-state index in [0.717, 1.165) is 12.1 Å². The predicted molar refractivity (Wildman–Crippen MR) is 115 cm³/mol. The normalized spacial score (nSPS) is 16.2. The summed E-state index contributed by atoms with van der Waals surface area (Å²) in [4.78, 5) is 25.8. The van der Waals surface area contributed by atoms with Gasteiger partial charge in [-0.25, -0.2) is 4.39 Å². The van der Waals surface area contributed by atoms with Crippen LogP contribution < -0.4 is 0 Å². The van der Waals surface area contributed by atoms with Gasteiger partial charge in [-0.15, -0.1) is 0 Å². The van der Waals surface area contributed by atoms with Gasteiger partial charge in [-0.05, 0) is 35.4 Å². The second-order valence-corrected chi connectivity index (χ2v) is 8.84. The Balaban J connectivity index is 1.83. The Bertz CT molecular complexity index is 1050. The van der Waals surface area contributed by atoms with Gasteiger partial charge in [0.2, 0.25) is 5.91 Å². The molecule has 0 N–H and O–H groups in total. The minimum Gasteiger partial charge on any atom is -0.335 e. The lowest BCUT2D eigenvalue weighted by atomic mass is 9.86. The molecule has 0 unspecified atom stereocenters. The number of carbonyl (C=O) groups excluding carboxylic acids is 2. The summed E-state index contributed by atoms with van der Waals surface area (Å²) in [7, 11) is 0. The molecule has 3 rings (SSSR count). The molecule has 0 atom stereocenters. The van der Waals surface area contributed by atoms with Crippen molar-refractivity contribution in [3.63, 3.8) is 0 Å². The van der Waals surface area contributed by atoms with E-state index in [1.807, 2.05) is 0 Å². The molecule has 9 heteroatoms. The monoisotopic (exact) mass is 487 g/mol. The van der Waals surface area contributed by atoms with Gasteiger partial charge in [-0.1, -0.05) is 61.3 Å². The number of allylic oxidation sites excluding steroid dienone is 2. The molecule has 1 heterocycles. The summed E-state index contributed by atoms with van der Waals surface area (Å²) < 4.78 is 55.8. The zero-order chi connectivity index (χ0) is 23.8. The number of amides is 1. The van der Waals surface area contributed by atoms with E-state index in [0.29, 0.717) is 6.08 Å². The summed E-state index contributed by atoms with van der Waals surface area (Å²) in [6.45, 7) is 3.23. The van der Waals surface area contributed by atoms with Gasteiger partial charge in [0.1, 0.15) is 0 Å². The van der Waals surface area contributed by atoms with E-state index in [9.17, 15) is 22.8 Å².